The zero-order valence-corrected chi connectivity index (χ0v) is 14.6. The van der Waals surface area contributed by atoms with Crippen molar-refractivity contribution in [2.24, 2.45) is 7.05 Å². The molecule has 0 bridgehead atoms. The Hall–Kier alpha value is -1.84. The van der Waals surface area contributed by atoms with Crippen LogP contribution in [0.25, 0.3) is 0 Å². The molecule has 1 aliphatic heterocycles. The van der Waals surface area contributed by atoms with Gasteiger partial charge in [0.25, 0.3) is 5.91 Å². The molecule has 1 aliphatic rings. The zero-order chi connectivity index (χ0) is 17.3. The van der Waals surface area contributed by atoms with Gasteiger partial charge in [0.2, 0.25) is 10.0 Å². The molecule has 0 saturated carbocycles. The van der Waals surface area contributed by atoms with Crippen LogP contribution in [0.5, 0.6) is 0 Å². The van der Waals surface area contributed by atoms with Gasteiger partial charge >= 0.3 is 0 Å². The number of nitrogens with one attached hydrogen (secondary N) is 2. The molecule has 2 aromatic rings. The van der Waals surface area contributed by atoms with Crippen molar-refractivity contribution < 1.29 is 13.2 Å². The maximum Gasteiger partial charge on any atom is 0.267 e. The second-order valence-corrected chi connectivity index (χ2v) is 8.11. The number of piperidine rings is 1. The molecular weight excluding hydrogens is 354 g/mol. The molecule has 0 atom stereocenters. The van der Waals surface area contributed by atoms with Gasteiger partial charge in [-0.1, -0.05) is 11.6 Å². The molecule has 130 valence electrons. The molecule has 1 saturated heterocycles. The molecule has 8 nitrogen and oxygen atoms in total. The number of nitrogens with zero attached hydrogens (tertiary/aromatic N) is 3. The Morgan fingerprint density at radius 3 is 2.67 bits per heavy atom. The van der Waals surface area contributed by atoms with Crippen molar-refractivity contribution in [1.29, 1.82) is 0 Å². The summed E-state index contributed by atoms with van der Waals surface area (Å²) in [6, 6.07) is 1.48. The Labute approximate surface area is 144 Å². The van der Waals surface area contributed by atoms with E-state index in [2.05, 4.69) is 15.4 Å². The van der Waals surface area contributed by atoms with Crippen molar-refractivity contribution in [3.05, 3.63) is 35.4 Å². The summed E-state index contributed by atoms with van der Waals surface area (Å²) >= 11 is 5.79. The maximum atomic E-state index is 12.5. The number of carbonyl (C=O) groups is 1. The van der Waals surface area contributed by atoms with Gasteiger partial charge < -0.3 is 10.3 Å². The van der Waals surface area contributed by atoms with E-state index in [4.69, 9.17) is 11.6 Å². The molecule has 2 aromatic heterocycles. The molecule has 1 amide bonds. The van der Waals surface area contributed by atoms with Gasteiger partial charge in [-0.05, 0) is 18.9 Å². The van der Waals surface area contributed by atoms with Crippen molar-refractivity contribution in [3.63, 3.8) is 0 Å². The first kappa shape index (κ1) is 17.0. The van der Waals surface area contributed by atoms with Gasteiger partial charge in [-0.25, -0.2) is 8.42 Å². The third-order valence-corrected chi connectivity index (χ3v) is 6.07. The summed E-state index contributed by atoms with van der Waals surface area (Å²) in [6.45, 7) is 0.710. The van der Waals surface area contributed by atoms with E-state index < -0.39 is 10.0 Å². The van der Waals surface area contributed by atoms with Crippen LogP contribution in [0.15, 0.2) is 29.6 Å². The number of rotatable bonds is 4. The molecule has 0 unspecified atom stereocenters. The lowest BCUT2D eigenvalue weighted by Crippen LogP contribution is -2.46. The molecule has 0 aromatic carbocycles. The van der Waals surface area contributed by atoms with Crippen LogP contribution in [0.4, 0.5) is 0 Å². The highest BCUT2D eigenvalue weighted by Crippen LogP contribution is 2.20. The molecular formula is C14H18ClN5O3S. The van der Waals surface area contributed by atoms with Crippen LogP contribution in [0.3, 0.4) is 0 Å². The minimum atomic E-state index is -3.53. The van der Waals surface area contributed by atoms with Crippen LogP contribution in [0.2, 0.25) is 5.02 Å². The summed E-state index contributed by atoms with van der Waals surface area (Å²) in [5.74, 6) is -0.240. The molecule has 1 fully saturated rings. The third kappa shape index (κ3) is 3.47. The molecule has 0 radical (unpaired) electrons. The van der Waals surface area contributed by atoms with Crippen LogP contribution in [0, 0.1) is 0 Å². The summed E-state index contributed by atoms with van der Waals surface area (Å²) < 4.78 is 27.9. The van der Waals surface area contributed by atoms with E-state index in [9.17, 15) is 13.2 Å². The minimum Gasteiger partial charge on any atom is -0.356 e. The van der Waals surface area contributed by atoms with Crippen LogP contribution < -0.4 is 5.32 Å². The zero-order valence-electron chi connectivity index (χ0n) is 13.1. The Bertz CT molecular complexity index is 836. The lowest BCUT2D eigenvalue weighted by atomic mass is 10.1. The van der Waals surface area contributed by atoms with Gasteiger partial charge in [-0.3, -0.25) is 9.48 Å². The number of amides is 1. The van der Waals surface area contributed by atoms with E-state index in [-0.39, 0.29) is 16.8 Å². The first-order chi connectivity index (χ1) is 11.4. The summed E-state index contributed by atoms with van der Waals surface area (Å²) in [6.07, 6.45) is 5.48. The van der Waals surface area contributed by atoms with Gasteiger partial charge in [0.05, 0.1) is 11.2 Å². The average molecular weight is 372 g/mol. The molecule has 3 rings (SSSR count). The van der Waals surface area contributed by atoms with E-state index in [1.807, 2.05) is 0 Å². The summed E-state index contributed by atoms with van der Waals surface area (Å²) in [4.78, 5) is 15.1. The Morgan fingerprint density at radius 1 is 1.42 bits per heavy atom. The second kappa shape index (κ2) is 6.58. The van der Waals surface area contributed by atoms with Crippen LogP contribution in [-0.4, -0.2) is 52.5 Å². The number of hydrogen-bond acceptors (Lipinski definition) is 4. The summed E-state index contributed by atoms with van der Waals surface area (Å²) in [5.41, 5.74) is 0.394. The Morgan fingerprint density at radius 2 is 2.12 bits per heavy atom. The van der Waals surface area contributed by atoms with Crippen LogP contribution in [-0.2, 0) is 17.1 Å². The fourth-order valence-corrected chi connectivity index (χ4v) is 4.30. The number of sulfonamides is 1. The lowest BCUT2D eigenvalue weighted by Gasteiger charge is -2.31. The highest BCUT2D eigenvalue weighted by atomic mass is 35.5. The number of H-pyrrole nitrogens is 1. The molecule has 3 heterocycles. The summed E-state index contributed by atoms with van der Waals surface area (Å²) in [5, 5.41) is 7.27. The summed E-state index contributed by atoms with van der Waals surface area (Å²) in [7, 11) is -1.85. The van der Waals surface area contributed by atoms with Crippen molar-refractivity contribution >= 4 is 27.5 Å². The van der Waals surface area contributed by atoms with Gasteiger partial charge in [-0.15, -0.1) is 0 Å². The number of aromatic nitrogens is 3. The van der Waals surface area contributed by atoms with Gasteiger partial charge in [0.1, 0.15) is 10.6 Å². The monoisotopic (exact) mass is 371 g/mol. The van der Waals surface area contributed by atoms with Crippen molar-refractivity contribution in [3.8, 4) is 0 Å². The lowest BCUT2D eigenvalue weighted by molar-refractivity contribution is 0.0919. The highest BCUT2D eigenvalue weighted by molar-refractivity contribution is 7.89. The number of carbonyl (C=O) groups excluding carboxylic acids is 1. The quantitative estimate of drug-likeness (QED) is 0.836. The number of aryl methyl sites for hydroxylation is 1. The topological polar surface area (TPSA) is 100 Å². The first-order valence-corrected chi connectivity index (χ1v) is 9.31. The fourth-order valence-electron chi connectivity index (χ4n) is 2.68. The Balaban J connectivity index is 1.59. The largest absolute Gasteiger partial charge is 0.356 e. The van der Waals surface area contributed by atoms with E-state index >= 15 is 0 Å². The second-order valence-electron chi connectivity index (χ2n) is 5.73. The minimum absolute atomic E-state index is 0.0695. The highest BCUT2D eigenvalue weighted by Gasteiger charge is 2.30. The number of aromatic amines is 1. The Kier molecular flexibility index (Phi) is 4.66. The smallest absolute Gasteiger partial charge is 0.267 e. The molecule has 0 aliphatic carbocycles. The van der Waals surface area contributed by atoms with E-state index in [0.29, 0.717) is 36.6 Å². The molecule has 24 heavy (non-hydrogen) atoms. The first-order valence-electron chi connectivity index (χ1n) is 7.50. The average Bonchev–Trinajstić information content (AvgIpc) is 3.17. The number of hydrogen-bond donors (Lipinski definition) is 2. The number of halogens is 1. The third-order valence-electron chi connectivity index (χ3n) is 4.00. The SMILES string of the molecule is Cn1cc(S(=O)(=O)N2CCC(NC(=O)c3cc(Cl)c[nH]3)CC2)cn1. The van der Waals surface area contributed by atoms with E-state index in [1.54, 1.807) is 19.3 Å². The molecule has 0 spiro atoms. The van der Waals surface area contributed by atoms with Crippen molar-refractivity contribution in [2.75, 3.05) is 13.1 Å². The fraction of sp³-hybridized carbons (Fsp3) is 0.429. The molecule has 2 N–H and O–H groups in total. The van der Waals surface area contributed by atoms with Crippen LogP contribution in [0.1, 0.15) is 23.3 Å². The van der Waals surface area contributed by atoms with E-state index in [0.717, 1.165) is 0 Å². The van der Waals surface area contributed by atoms with Gasteiger partial charge in [0, 0.05) is 38.6 Å². The normalized spacial score (nSPS) is 17.1. The van der Waals surface area contributed by atoms with Crippen LogP contribution >= 0.6 is 11.6 Å². The van der Waals surface area contributed by atoms with Crippen molar-refractivity contribution in [2.45, 2.75) is 23.8 Å². The maximum absolute atomic E-state index is 12.5. The predicted molar refractivity (Wildman–Crippen MR) is 88.3 cm³/mol. The standard InChI is InChI=1S/C14H18ClN5O3S/c1-19-9-12(8-17-19)24(22,23)20-4-2-11(3-5-20)18-14(21)13-6-10(15)7-16-13/h6-9,11,16H,2-5H2,1H3,(H,18,21). The van der Waals surface area contributed by atoms with Crippen molar-refractivity contribution in [1.82, 2.24) is 24.4 Å². The predicted octanol–water partition coefficient (Wildman–Crippen LogP) is 0.985. The van der Waals surface area contributed by atoms with E-state index in [1.165, 1.54) is 21.4 Å². The van der Waals surface area contributed by atoms with Gasteiger partial charge in [-0.2, -0.15) is 9.40 Å². The van der Waals surface area contributed by atoms with Gasteiger partial charge in [0.15, 0.2) is 0 Å². The molecule has 10 heteroatoms.